The largest absolute Gasteiger partial charge is 0.293 e. The summed E-state index contributed by atoms with van der Waals surface area (Å²) in [5.74, 6) is 0. The maximum Gasteiger partial charge on any atom is 0.104 e. The Labute approximate surface area is 111 Å². The lowest BCUT2D eigenvalue weighted by atomic mass is 10.1. The van der Waals surface area contributed by atoms with Gasteiger partial charge in [0.1, 0.15) is 6.10 Å². The van der Waals surface area contributed by atoms with Crippen LogP contribution in [0.3, 0.4) is 0 Å². The van der Waals surface area contributed by atoms with Crippen LogP contribution in [0.1, 0.15) is 51.2 Å². The average molecular weight is 247 g/mol. The molecule has 100 valence electrons. The van der Waals surface area contributed by atoms with Crippen LogP contribution >= 0.6 is 0 Å². The molecule has 0 aliphatic heterocycles. The van der Waals surface area contributed by atoms with Crippen LogP contribution in [-0.4, -0.2) is 6.04 Å². The van der Waals surface area contributed by atoms with Gasteiger partial charge < -0.3 is 0 Å². The van der Waals surface area contributed by atoms with E-state index >= 15 is 0 Å². The van der Waals surface area contributed by atoms with Crippen LogP contribution in [0.5, 0.6) is 0 Å². The van der Waals surface area contributed by atoms with Crippen molar-refractivity contribution >= 4 is 0 Å². The molecule has 0 saturated carbocycles. The van der Waals surface area contributed by atoms with E-state index in [1.807, 2.05) is 12.1 Å². The van der Waals surface area contributed by atoms with Gasteiger partial charge in [0, 0.05) is 6.04 Å². The van der Waals surface area contributed by atoms with Gasteiger partial charge in [0.05, 0.1) is 0 Å². The van der Waals surface area contributed by atoms with Crippen LogP contribution in [0.2, 0.25) is 0 Å². The minimum atomic E-state index is 0.121. The predicted octanol–water partition coefficient (Wildman–Crippen LogP) is 4.40. The van der Waals surface area contributed by atoms with Gasteiger partial charge in [0.25, 0.3) is 0 Å². The summed E-state index contributed by atoms with van der Waals surface area (Å²) in [5.41, 5.74) is 4.36. The molecule has 0 amide bonds. The maximum absolute atomic E-state index is 5.85. The number of rotatable bonds is 9. The van der Waals surface area contributed by atoms with Crippen molar-refractivity contribution < 1.29 is 4.84 Å². The molecule has 0 aliphatic carbocycles. The lowest BCUT2D eigenvalue weighted by Gasteiger charge is -2.21. The summed E-state index contributed by atoms with van der Waals surface area (Å²) in [7, 11) is 0. The maximum atomic E-state index is 5.85. The normalized spacial score (nSPS) is 14.1. The van der Waals surface area contributed by atoms with Crippen molar-refractivity contribution in [3.05, 3.63) is 48.6 Å². The van der Waals surface area contributed by atoms with E-state index in [1.54, 1.807) is 0 Å². The van der Waals surface area contributed by atoms with Crippen LogP contribution in [0.25, 0.3) is 0 Å². The standard InChI is InChI=1S/C16H25NO/c1-4-10-15(6-3)17-18-16(11-5-2)14-12-8-7-9-13-14/h6-9,12-13,15-17H,3-5,10-11H2,1-2H3/t15-,16-/m0/s1. The number of benzene rings is 1. The van der Waals surface area contributed by atoms with Gasteiger partial charge in [-0.15, -0.1) is 6.58 Å². The second-order valence-electron chi connectivity index (χ2n) is 4.55. The van der Waals surface area contributed by atoms with E-state index < -0.39 is 0 Å². The monoisotopic (exact) mass is 247 g/mol. The molecule has 2 nitrogen and oxygen atoms in total. The zero-order valence-corrected chi connectivity index (χ0v) is 11.6. The van der Waals surface area contributed by atoms with Gasteiger partial charge in [0.15, 0.2) is 0 Å². The Hall–Kier alpha value is -1.12. The molecule has 1 rings (SSSR count). The highest BCUT2D eigenvalue weighted by atomic mass is 16.7. The fourth-order valence-electron chi connectivity index (χ4n) is 1.93. The van der Waals surface area contributed by atoms with Crippen LogP contribution in [-0.2, 0) is 4.84 Å². The fourth-order valence-corrected chi connectivity index (χ4v) is 1.93. The molecule has 0 saturated heterocycles. The summed E-state index contributed by atoms with van der Waals surface area (Å²) >= 11 is 0. The van der Waals surface area contributed by atoms with Crippen molar-refractivity contribution in [3.63, 3.8) is 0 Å². The highest BCUT2D eigenvalue weighted by Gasteiger charge is 2.12. The zero-order valence-electron chi connectivity index (χ0n) is 11.6. The topological polar surface area (TPSA) is 21.3 Å². The van der Waals surface area contributed by atoms with E-state index in [9.17, 15) is 0 Å². The summed E-state index contributed by atoms with van der Waals surface area (Å²) in [6, 6.07) is 10.6. The third-order valence-electron chi connectivity index (χ3n) is 2.97. The van der Waals surface area contributed by atoms with E-state index in [-0.39, 0.29) is 12.1 Å². The molecule has 0 bridgehead atoms. The Bertz CT molecular complexity index is 323. The highest BCUT2D eigenvalue weighted by molar-refractivity contribution is 5.17. The Morgan fingerprint density at radius 1 is 1.17 bits per heavy atom. The third kappa shape index (κ3) is 5.03. The average Bonchev–Trinajstić information content (AvgIpc) is 2.43. The minimum absolute atomic E-state index is 0.121. The number of nitrogens with one attached hydrogen (secondary N) is 1. The van der Waals surface area contributed by atoms with E-state index in [0.717, 1.165) is 25.7 Å². The molecule has 1 aromatic rings. The van der Waals surface area contributed by atoms with Gasteiger partial charge in [-0.1, -0.05) is 63.1 Å². The van der Waals surface area contributed by atoms with Gasteiger partial charge in [-0.3, -0.25) is 4.84 Å². The van der Waals surface area contributed by atoms with E-state index in [4.69, 9.17) is 4.84 Å². The van der Waals surface area contributed by atoms with Crippen LogP contribution in [0, 0.1) is 0 Å². The number of hydrogen-bond acceptors (Lipinski definition) is 2. The molecule has 0 heterocycles. The first-order valence-electron chi connectivity index (χ1n) is 6.90. The lowest BCUT2D eigenvalue weighted by molar-refractivity contribution is -0.0435. The van der Waals surface area contributed by atoms with Gasteiger partial charge in [0.2, 0.25) is 0 Å². The van der Waals surface area contributed by atoms with Gasteiger partial charge >= 0.3 is 0 Å². The summed E-state index contributed by atoms with van der Waals surface area (Å²) in [6.45, 7) is 8.18. The van der Waals surface area contributed by atoms with Gasteiger partial charge in [-0.25, -0.2) is 0 Å². The highest BCUT2D eigenvalue weighted by Crippen LogP contribution is 2.21. The van der Waals surface area contributed by atoms with Crippen LogP contribution in [0.4, 0.5) is 0 Å². The smallest absolute Gasteiger partial charge is 0.104 e. The number of hydroxylamine groups is 1. The fraction of sp³-hybridized carbons (Fsp3) is 0.500. The third-order valence-corrected chi connectivity index (χ3v) is 2.97. The first-order valence-corrected chi connectivity index (χ1v) is 6.90. The van der Waals surface area contributed by atoms with Gasteiger partial charge in [-0.2, -0.15) is 5.48 Å². The molecular weight excluding hydrogens is 222 g/mol. The Morgan fingerprint density at radius 3 is 2.39 bits per heavy atom. The summed E-state index contributed by atoms with van der Waals surface area (Å²) in [6.07, 6.45) is 6.34. The van der Waals surface area contributed by atoms with Crippen molar-refractivity contribution in [1.29, 1.82) is 0 Å². The number of hydrogen-bond donors (Lipinski definition) is 1. The molecule has 0 radical (unpaired) electrons. The molecule has 2 atom stereocenters. The quantitative estimate of drug-likeness (QED) is 0.515. The van der Waals surface area contributed by atoms with Crippen molar-refractivity contribution in [3.8, 4) is 0 Å². The van der Waals surface area contributed by atoms with Crippen LogP contribution in [0.15, 0.2) is 43.0 Å². The molecule has 1 N–H and O–H groups in total. The molecular formula is C16H25NO. The Balaban J connectivity index is 2.55. The van der Waals surface area contributed by atoms with Crippen LogP contribution < -0.4 is 5.48 Å². The molecule has 0 spiro atoms. The van der Waals surface area contributed by atoms with Crippen molar-refractivity contribution in [2.75, 3.05) is 0 Å². The summed E-state index contributed by atoms with van der Waals surface area (Å²) < 4.78 is 0. The molecule has 0 aromatic heterocycles. The van der Waals surface area contributed by atoms with Crippen molar-refractivity contribution in [1.82, 2.24) is 5.48 Å². The van der Waals surface area contributed by atoms with E-state index in [0.29, 0.717) is 0 Å². The second kappa shape index (κ2) is 8.90. The minimum Gasteiger partial charge on any atom is -0.293 e. The first kappa shape index (κ1) is 14.9. The predicted molar refractivity (Wildman–Crippen MR) is 77.2 cm³/mol. The molecule has 0 aliphatic rings. The Kier molecular flexibility index (Phi) is 7.38. The molecule has 2 heteroatoms. The zero-order chi connectivity index (χ0) is 13.2. The van der Waals surface area contributed by atoms with Gasteiger partial charge in [-0.05, 0) is 18.4 Å². The van der Waals surface area contributed by atoms with E-state index in [1.165, 1.54) is 5.56 Å². The van der Waals surface area contributed by atoms with E-state index in [2.05, 4.69) is 50.2 Å². The summed E-state index contributed by atoms with van der Waals surface area (Å²) in [5, 5.41) is 0. The first-order chi connectivity index (χ1) is 8.81. The lowest BCUT2D eigenvalue weighted by Crippen LogP contribution is -2.29. The van der Waals surface area contributed by atoms with Crippen molar-refractivity contribution in [2.24, 2.45) is 0 Å². The molecule has 1 aromatic carbocycles. The molecule has 18 heavy (non-hydrogen) atoms. The van der Waals surface area contributed by atoms with Crippen molar-refractivity contribution in [2.45, 2.75) is 51.7 Å². The Morgan fingerprint density at radius 2 is 1.83 bits per heavy atom. The SMILES string of the molecule is C=C[C@@H](CCC)NO[C@@H](CCC)c1ccccc1. The summed E-state index contributed by atoms with van der Waals surface area (Å²) in [4.78, 5) is 5.85. The molecule has 0 unspecified atom stereocenters. The second-order valence-corrected chi connectivity index (χ2v) is 4.55. The molecule has 0 fully saturated rings.